The largest absolute Gasteiger partial charge is 0.459 e. The van der Waals surface area contributed by atoms with E-state index in [0.717, 1.165) is 0 Å². The lowest BCUT2D eigenvalue weighted by atomic mass is 10.2. The molecule has 9 nitrogen and oxygen atoms in total. The van der Waals surface area contributed by atoms with E-state index in [4.69, 9.17) is 9.15 Å². The van der Waals surface area contributed by atoms with Crippen molar-refractivity contribution in [3.63, 3.8) is 0 Å². The lowest BCUT2D eigenvalue weighted by Gasteiger charge is -2.29. The van der Waals surface area contributed by atoms with E-state index in [9.17, 15) is 19.2 Å². The van der Waals surface area contributed by atoms with Crippen LogP contribution in [0.15, 0.2) is 47.1 Å². The molecule has 9 heteroatoms. The summed E-state index contributed by atoms with van der Waals surface area (Å²) < 4.78 is 10.3. The van der Waals surface area contributed by atoms with Gasteiger partial charge in [0.1, 0.15) is 12.6 Å². The van der Waals surface area contributed by atoms with Gasteiger partial charge in [-0.1, -0.05) is 12.1 Å². The number of benzene rings is 1. The Balaban J connectivity index is 1.40. The SMILES string of the molecule is O=C1CN(C(=O)COC(=O)C2CCCN2C(=O)c2ccco2)c2ccccc2N1. The summed E-state index contributed by atoms with van der Waals surface area (Å²) in [6, 6.07) is 9.26. The van der Waals surface area contributed by atoms with Gasteiger partial charge in [0.15, 0.2) is 12.4 Å². The molecule has 1 saturated heterocycles. The molecule has 0 aliphatic carbocycles. The Hall–Kier alpha value is -3.62. The second-order valence-corrected chi connectivity index (χ2v) is 6.79. The molecule has 0 saturated carbocycles. The number of likely N-dealkylation sites (tertiary alicyclic amines) is 1. The highest BCUT2D eigenvalue weighted by molar-refractivity contribution is 6.10. The number of ether oxygens (including phenoxy) is 1. The fourth-order valence-electron chi connectivity index (χ4n) is 3.56. The number of nitrogens with one attached hydrogen (secondary N) is 1. The molecule has 1 aromatic heterocycles. The molecule has 1 aromatic carbocycles. The van der Waals surface area contributed by atoms with E-state index in [1.54, 1.807) is 30.3 Å². The first kappa shape index (κ1) is 18.7. The first-order valence-corrected chi connectivity index (χ1v) is 9.25. The van der Waals surface area contributed by atoms with E-state index in [-0.39, 0.29) is 24.1 Å². The monoisotopic (exact) mass is 397 g/mol. The number of amides is 3. The number of anilines is 2. The lowest BCUT2D eigenvalue weighted by Crippen LogP contribution is -2.45. The molecule has 29 heavy (non-hydrogen) atoms. The summed E-state index contributed by atoms with van der Waals surface area (Å²) in [4.78, 5) is 52.1. The predicted molar refractivity (Wildman–Crippen MR) is 101 cm³/mol. The van der Waals surface area contributed by atoms with E-state index in [0.29, 0.717) is 30.8 Å². The van der Waals surface area contributed by atoms with Gasteiger partial charge in [-0.2, -0.15) is 0 Å². The number of nitrogens with zero attached hydrogens (tertiary/aromatic N) is 2. The molecule has 1 N–H and O–H groups in total. The highest BCUT2D eigenvalue weighted by Crippen LogP contribution is 2.29. The van der Waals surface area contributed by atoms with Gasteiger partial charge in [-0.25, -0.2) is 4.79 Å². The maximum Gasteiger partial charge on any atom is 0.329 e. The van der Waals surface area contributed by atoms with Crippen LogP contribution in [0.25, 0.3) is 0 Å². The molecule has 1 fully saturated rings. The minimum Gasteiger partial charge on any atom is -0.459 e. The number of carbonyl (C=O) groups excluding carboxylic acids is 4. The second kappa shape index (κ2) is 7.78. The summed E-state index contributed by atoms with van der Waals surface area (Å²) in [5.41, 5.74) is 1.07. The summed E-state index contributed by atoms with van der Waals surface area (Å²) >= 11 is 0. The molecular weight excluding hydrogens is 378 g/mol. The number of carbonyl (C=O) groups is 4. The normalized spacial score (nSPS) is 18.2. The third-order valence-electron chi connectivity index (χ3n) is 4.93. The Morgan fingerprint density at radius 2 is 2.00 bits per heavy atom. The predicted octanol–water partition coefficient (Wildman–Crippen LogP) is 1.41. The van der Waals surface area contributed by atoms with Crippen LogP contribution in [0.2, 0.25) is 0 Å². The summed E-state index contributed by atoms with van der Waals surface area (Å²) in [7, 11) is 0. The summed E-state index contributed by atoms with van der Waals surface area (Å²) in [5, 5.41) is 2.69. The molecule has 1 atom stereocenters. The molecule has 3 heterocycles. The zero-order valence-corrected chi connectivity index (χ0v) is 15.5. The van der Waals surface area contributed by atoms with Crippen LogP contribution < -0.4 is 10.2 Å². The Morgan fingerprint density at radius 3 is 2.79 bits per heavy atom. The van der Waals surface area contributed by atoms with Crippen molar-refractivity contribution < 1.29 is 28.3 Å². The average Bonchev–Trinajstić information content (AvgIpc) is 3.42. The van der Waals surface area contributed by atoms with E-state index in [1.165, 1.54) is 22.1 Å². The molecule has 1 unspecified atom stereocenters. The number of furan rings is 1. The average molecular weight is 397 g/mol. The zero-order chi connectivity index (χ0) is 20.4. The maximum atomic E-state index is 12.6. The van der Waals surface area contributed by atoms with Gasteiger partial charge in [0, 0.05) is 6.54 Å². The van der Waals surface area contributed by atoms with Crippen molar-refractivity contribution in [3.05, 3.63) is 48.4 Å². The molecule has 2 aliphatic rings. The van der Waals surface area contributed by atoms with Gasteiger partial charge in [0.2, 0.25) is 5.91 Å². The molecule has 3 amide bonds. The molecule has 0 spiro atoms. The number of esters is 1. The molecule has 2 aromatic rings. The first-order chi connectivity index (χ1) is 14.0. The topological polar surface area (TPSA) is 109 Å². The molecular formula is C20H19N3O6. The lowest BCUT2D eigenvalue weighted by molar-refractivity contribution is -0.151. The van der Waals surface area contributed by atoms with E-state index in [2.05, 4.69) is 5.32 Å². The van der Waals surface area contributed by atoms with Crippen LogP contribution in [-0.2, 0) is 19.1 Å². The number of fused-ring (bicyclic) bond motifs is 1. The van der Waals surface area contributed by atoms with Crippen molar-refractivity contribution in [1.29, 1.82) is 0 Å². The Kier molecular flexibility index (Phi) is 5.03. The van der Waals surface area contributed by atoms with Crippen molar-refractivity contribution in [3.8, 4) is 0 Å². The smallest absolute Gasteiger partial charge is 0.329 e. The molecule has 150 valence electrons. The quantitative estimate of drug-likeness (QED) is 0.782. The van der Waals surface area contributed by atoms with Gasteiger partial charge >= 0.3 is 5.97 Å². The van der Waals surface area contributed by atoms with Crippen molar-refractivity contribution in [2.24, 2.45) is 0 Å². The molecule has 4 rings (SSSR count). The van der Waals surface area contributed by atoms with E-state index < -0.39 is 24.5 Å². The highest BCUT2D eigenvalue weighted by Gasteiger charge is 2.37. The Labute approximate surface area is 166 Å². The Morgan fingerprint density at radius 1 is 1.17 bits per heavy atom. The van der Waals surface area contributed by atoms with Gasteiger partial charge < -0.3 is 19.4 Å². The van der Waals surface area contributed by atoms with Crippen LogP contribution in [0, 0.1) is 0 Å². The highest BCUT2D eigenvalue weighted by atomic mass is 16.5. The van der Waals surface area contributed by atoms with Crippen LogP contribution >= 0.6 is 0 Å². The van der Waals surface area contributed by atoms with Gasteiger partial charge in [-0.15, -0.1) is 0 Å². The number of para-hydroxylation sites is 2. The third kappa shape index (κ3) is 3.71. The van der Waals surface area contributed by atoms with Gasteiger partial charge in [0.25, 0.3) is 11.8 Å². The number of hydrogen-bond donors (Lipinski definition) is 1. The van der Waals surface area contributed by atoms with Gasteiger partial charge in [0.05, 0.1) is 17.6 Å². The van der Waals surface area contributed by atoms with Crippen molar-refractivity contribution in [1.82, 2.24) is 4.90 Å². The first-order valence-electron chi connectivity index (χ1n) is 9.25. The van der Waals surface area contributed by atoms with Crippen molar-refractivity contribution in [2.45, 2.75) is 18.9 Å². The summed E-state index contributed by atoms with van der Waals surface area (Å²) in [6.07, 6.45) is 2.50. The maximum absolute atomic E-state index is 12.6. The van der Waals surface area contributed by atoms with Crippen LogP contribution in [0.1, 0.15) is 23.4 Å². The molecule has 0 bridgehead atoms. The molecule has 0 radical (unpaired) electrons. The van der Waals surface area contributed by atoms with Crippen LogP contribution in [0.3, 0.4) is 0 Å². The van der Waals surface area contributed by atoms with Gasteiger partial charge in [-0.05, 0) is 37.1 Å². The number of hydrogen-bond acceptors (Lipinski definition) is 6. The fraction of sp³-hybridized carbons (Fsp3) is 0.300. The third-order valence-corrected chi connectivity index (χ3v) is 4.93. The Bertz CT molecular complexity index is 955. The van der Waals surface area contributed by atoms with Crippen molar-refractivity contribution in [2.75, 3.05) is 29.9 Å². The second-order valence-electron chi connectivity index (χ2n) is 6.79. The van der Waals surface area contributed by atoms with Gasteiger partial charge in [-0.3, -0.25) is 19.3 Å². The summed E-state index contributed by atoms with van der Waals surface area (Å²) in [6.45, 7) is -0.257. The zero-order valence-electron chi connectivity index (χ0n) is 15.5. The molecule has 2 aliphatic heterocycles. The van der Waals surface area contributed by atoms with E-state index in [1.807, 2.05) is 0 Å². The van der Waals surface area contributed by atoms with Crippen LogP contribution in [-0.4, -0.2) is 54.3 Å². The van der Waals surface area contributed by atoms with E-state index >= 15 is 0 Å². The standard InChI is InChI=1S/C20H19N3O6/c24-17-11-23(14-6-2-1-5-13(14)21-17)18(25)12-29-20(27)15-7-3-9-22(15)19(26)16-8-4-10-28-16/h1-2,4-6,8,10,15H,3,7,9,11-12H2,(H,21,24). The fourth-order valence-corrected chi connectivity index (χ4v) is 3.56. The number of rotatable bonds is 4. The van der Waals surface area contributed by atoms with Crippen molar-refractivity contribution >= 4 is 35.1 Å². The summed E-state index contributed by atoms with van der Waals surface area (Å²) in [5.74, 6) is -1.72. The van der Waals surface area contributed by atoms with Crippen LogP contribution in [0.5, 0.6) is 0 Å². The minimum atomic E-state index is -0.766. The minimum absolute atomic E-state index is 0.150. The van der Waals surface area contributed by atoms with Crippen LogP contribution in [0.4, 0.5) is 11.4 Å².